The molecule has 120 valence electrons. The number of hydrogen-bond donors (Lipinski definition) is 1. The molecule has 0 radical (unpaired) electrons. The second-order valence-corrected chi connectivity index (χ2v) is 5.67. The lowest BCUT2D eigenvalue weighted by Gasteiger charge is -2.25. The van der Waals surface area contributed by atoms with Crippen molar-refractivity contribution in [3.8, 4) is 11.5 Å². The highest BCUT2D eigenvalue weighted by Gasteiger charge is 2.21. The van der Waals surface area contributed by atoms with Gasteiger partial charge in [0.2, 0.25) is 0 Å². The zero-order chi connectivity index (χ0) is 16.2. The number of rotatable bonds is 4. The number of ether oxygens (including phenoxy) is 2. The molecule has 2 aromatic rings. The van der Waals surface area contributed by atoms with Crippen molar-refractivity contribution in [2.24, 2.45) is 5.92 Å². The molecule has 5 nitrogen and oxygen atoms in total. The standard InChI is InChI=1S/C18H20N2O3/c1-19-18(21)14-5-6-20-15(9-14)8-12-7-13-3-4-16(22-2)10-17(13)23-11-12/h3-6,9-10,12H,7-8,11H2,1-2H3,(H,19,21). The number of amides is 1. The van der Waals surface area contributed by atoms with Crippen molar-refractivity contribution in [3.63, 3.8) is 0 Å². The van der Waals surface area contributed by atoms with E-state index in [1.807, 2.05) is 18.2 Å². The third-order valence-corrected chi connectivity index (χ3v) is 4.06. The zero-order valence-electron chi connectivity index (χ0n) is 13.3. The van der Waals surface area contributed by atoms with Crippen LogP contribution in [0.3, 0.4) is 0 Å². The maximum absolute atomic E-state index is 11.7. The molecule has 1 atom stereocenters. The average Bonchev–Trinajstić information content (AvgIpc) is 2.60. The van der Waals surface area contributed by atoms with Gasteiger partial charge in [-0.05, 0) is 36.6 Å². The summed E-state index contributed by atoms with van der Waals surface area (Å²) in [5.41, 5.74) is 2.74. The number of nitrogens with zero attached hydrogens (tertiary/aromatic N) is 1. The topological polar surface area (TPSA) is 60.5 Å². The van der Waals surface area contributed by atoms with Crippen molar-refractivity contribution in [1.29, 1.82) is 0 Å². The summed E-state index contributed by atoms with van der Waals surface area (Å²) in [7, 11) is 3.28. The van der Waals surface area contributed by atoms with Crippen molar-refractivity contribution < 1.29 is 14.3 Å². The number of fused-ring (bicyclic) bond motifs is 1. The Balaban J connectivity index is 1.71. The average molecular weight is 312 g/mol. The van der Waals surface area contributed by atoms with E-state index >= 15 is 0 Å². The molecule has 0 fully saturated rings. The SMILES string of the molecule is CNC(=O)c1ccnc(CC2COc3cc(OC)ccc3C2)c1. The molecule has 23 heavy (non-hydrogen) atoms. The Morgan fingerprint density at radius 2 is 2.26 bits per heavy atom. The minimum atomic E-state index is -0.0917. The molecular weight excluding hydrogens is 292 g/mol. The van der Waals surface area contributed by atoms with Crippen LogP contribution in [0.2, 0.25) is 0 Å². The number of carbonyl (C=O) groups excluding carboxylic acids is 1. The van der Waals surface area contributed by atoms with Crippen molar-refractivity contribution >= 4 is 5.91 Å². The fraction of sp³-hybridized carbons (Fsp3) is 0.333. The molecule has 1 unspecified atom stereocenters. The van der Waals surface area contributed by atoms with E-state index in [1.165, 1.54) is 5.56 Å². The van der Waals surface area contributed by atoms with Gasteiger partial charge in [0.05, 0.1) is 13.7 Å². The second kappa shape index (κ2) is 6.69. The molecular formula is C18H20N2O3. The van der Waals surface area contributed by atoms with Crippen molar-refractivity contribution in [2.75, 3.05) is 20.8 Å². The number of benzene rings is 1. The first kappa shape index (κ1) is 15.3. The molecule has 5 heteroatoms. The van der Waals surface area contributed by atoms with Crippen LogP contribution in [-0.4, -0.2) is 31.7 Å². The molecule has 3 rings (SSSR count). The summed E-state index contributed by atoms with van der Waals surface area (Å²) in [6.07, 6.45) is 3.41. The number of pyridine rings is 1. The number of carbonyl (C=O) groups is 1. The van der Waals surface area contributed by atoms with Gasteiger partial charge in [-0.1, -0.05) is 6.07 Å². The van der Waals surface area contributed by atoms with Crippen LogP contribution < -0.4 is 14.8 Å². The molecule has 0 bridgehead atoms. The Bertz CT molecular complexity index is 715. The fourth-order valence-electron chi connectivity index (χ4n) is 2.84. The van der Waals surface area contributed by atoms with Crippen LogP contribution in [0.25, 0.3) is 0 Å². The lowest BCUT2D eigenvalue weighted by molar-refractivity contribution is 0.0963. The Morgan fingerprint density at radius 3 is 3.04 bits per heavy atom. The molecule has 1 aliphatic rings. The number of nitrogens with one attached hydrogen (secondary N) is 1. The molecule has 0 saturated heterocycles. The van der Waals surface area contributed by atoms with Gasteiger partial charge in [-0.15, -0.1) is 0 Å². The smallest absolute Gasteiger partial charge is 0.251 e. The number of hydrogen-bond acceptors (Lipinski definition) is 4. The van der Waals surface area contributed by atoms with Crippen LogP contribution in [0.5, 0.6) is 11.5 Å². The van der Waals surface area contributed by atoms with E-state index in [0.29, 0.717) is 18.1 Å². The number of methoxy groups -OCH3 is 1. The summed E-state index contributed by atoms with van der Waals surface area (Å²) in [5, 5.41) is 2.63. The first-order chi connectivity index (χ1) is 11.2. The van der Waals surface area contributed by atoms with Crippen molar-refractivity contribution in [3.05, 3.63) is 53.3 Å². The second-order valence-electron chi connectivity index (χ2n) is 5.67. The van der Waals surface area contributed by atoms with Crippen LogP contribution >= 0.6 is 0 Å². The molecule has 1 N–H and O–H groups in total. The molecule has 1 aromatic carbocycles. The van der Waals surface area contributed by atoms with Gasteiger partial charge < -0.3 is 14.8 Å². The van der Waals surface area contributed by atoms with Gasteiger partial charge in [-0.2, -0.15) is 0 Å². The van der Waals surface area contributed by atoms with Gasteiger partial charge in [0.25, 0.3) is 5.91 Å². The summed E-state index contributed by atoms with van der Waals surface area (Å²) in [4.78, 5) is 16.1. The van der Waals surface area contributed by atoms with Crippen LogP contribution in [-0.2, 0) is 12.8 Å². The van der Waals surface area contributed by atoms with Gasteiger partial charge in [0.15, 0.2) is 0 Å². The first-order valence-electron chi connectivity index (χ1n) is 7.66. The predicted molar refractivity (Wildman–Crippen MR) is 87.0 cm³/mol. The zero-order valence-corrected chi connectivity index (χ0v) is 13.3. The summed E-state index contributed by atoms with van der Waals surface area (Å²) < 4.78 is 11.1. The minimum Gasteiger partial charge on any atom is -0.497 e. The molecule has 0 spiro atoms. The van der Waals surface area contributed by atoms with E-state index < -0.39 is 0 Å². The summed E-state index contributed by atoms with van der Waals surface area (Å²) in [6, 6.07) is 9.50. The molecule has 0 aliphatic carbocycles. The van der Waals surface area contributed by atoms with E-state index in [-0.39, 0.29) is 5.91 Å². The predicted octanol–water partition coefficient (Wildman–Crippen LogP) is 2.24. The first-order valence-corrected chi connectivity index (χ1v) is 7.66. The van der Waals surface area contributed by atoms with E-state index in [0.717, 1.165) is 30.0 Å². The van der Waals surface area contributed by atoms with Crippen molar-refractivity contribution in [1.82, 2.24) is 10.3 Å². The van der Waals surface area contributed by atoms with Crippen molar-refractivity contribution in [2.45, 2.75) is 12.8 Å². The largest absolute Gasteiger partial charge is 0.497 e. The molecule has 1 aliphatic heterocycles. The van der Waals surface area contributed by atoms with Gasteiger partial charge in [-0.25, -0.2) is 0 Å². The van der Waals surface area contributed by atoms with E-state index in [1.54, 1.807) is 26.4 Å². The van der Waals surface area contributed by atoms with Gasteiger partial charge in [0.1, 0.15) is 11.5 Å². The maximum atomic E-state index is 11.7. The maximum Gasteiger partial charge on any atom is 0.251 e. The van der Waals surface area contributed by atoms with Gasteiger partial charge in [-0.3, -0.25) is 9.78 Å². The third-order valence-electron chi connectivity index (χ3n) is 4.06. The van der Waals surface area contributed by atoms with E-state index in [2.05, 4.69) is 16.4 Å². The normalized spacial score (nSPS) is 16.2. The highest BCUT2D eigenvalue weighted by molar-refractivity contribution is 5.93. The quantitative estimate of drug-likeness (QED) is 0.940. The van der Waals surface area contributed by atoms with Gasteiger partial charge in [0, 0.05) is 36.5 Å². The van der Waals surface area contributed by atoms with Crippen LogP contribution in [0, 0.1) is 5.92 Å². The lowest BCUT2D eigenvalue weighted by atomic mass is 9.92. The highest BCUT2D eigenvalue weighted by Crippen LogP contribution is 2.31. The monoisotopic (exact) mass is 312 g/mol. The van der Waals surface area contributed by atoms with Crippen LogP contribution in [0.1, 0.15) is 21.6 Å². The summed E-state index contributed by atoms with van der Waals surface area (Å²) in [6.45, 7) is 0.645. The Hall–Kier alpha value is -2.56. The highest BCUT2D eigenvalue weighted by atomic mass is 16.5. The molecule has 2 heterocycles. The van der Waals surface area contributed by atoms with Gasteiger partial charge >= 0.3 is 0 Å². The van der Waals surface area contributed by atoms with E-state index in [4.69, 9.17) is 9.47 Å². The van der Waals surface area contributed by atoms with Crippen LogP contribution in [0.4, 0.5) is 0 Å². The fourth-order valence-corrected chi connectivity index (χ4v) is 2.84. The molecule has 0 saturated carbocycles. The number of aromatic nitrogens is 1. The van der Waals surface area contributed by atoms with E-state index in [9.17, 15) is 4.79 Å². The summed E-state index contributed by atoms with van der Waals surface area (Å²) in [5.74, 6) is 1.96. The summed E-state index contributed by atoms with van der Waals surface area (Å²) >= 11 is 0. The lowest BCUT2D eigenvalue weighted by Crippen LogP contribution is -2.23. The Morgan fingerprint density at radius 1 is 1.39 bits per heavy atom. The Labute approximate surface area is 135 Å². The minimum absolute atomic E-state index is 0.0917. The third kappa shape index (κ3) is 3.44. The molecule has 1 aromatic heterocycles. The Kier molecular flexibility index (Phi) is 4.46. The van der Waals surface area contributed by atoms with Crippen LogP contribution in [0.15, 0.2) is 36.5 Å². The molecule has 1 amide bonds.